The van der Waals surface area contributed by atoms with Crippen LogP contribution in [0.1, 0.15) is 19.5 Å². The second-order valence-corrected chi connectivity index (χ2v) is 2.38. The van der Waals surface area contributed by atoms with E-state index in [2.05, 4.69) is 9.97 Å². The van der Waals surface area contributed by atoms with Gasteiger partial charge in [-0.15, -0.1) is 0 Å². The highest BCUT2D eigenvalue weighted by Gasteiger charge is 2.04. The van der Waals surface area contributed by atoms with Crippen LogP contribution in [0.15, 0.2) is 12.4 Å². The zero-order valence-electron chi connectivity index (χ0n) is 7.99. The molecule has 1 heterocycles. The van der Waals surface area contributed by atoms with Crippen molar-refractivity contribution in [1.82, 2.24) is 9.97 Å². The second kappa shape index (κ2) is 5.48. The molecule has 1 aromatic rings. The topological polar surface area (TPSA) is 44.2 Å². The third-order valence-electron chi connectivity index (χ3n) is 1.46. The zero-order valence-corrected chi connectivity index (χ0v) is 7.99. The van der Waals surface area contributed by atoms with E-state index in [1.807, 2.05) is 13.8 Å². The van der Waals surface area contributed by atoms with Gasteiger partial charge in [0.15, 0.2) is 0 Å². The van der Waals surface area contributed by atoms with Crippen molar-refractivity contribution in [1.29, 1.82) is 0 Å². The average molecular weight is 182 g/mol. The molecule has 0 bridgehead atoms. The maximum absolute atomic E-state index is 5.28. The van der Waals surface area contributed by atoms with E-state index >= 15 is 0 Å². The molecular formula is C9H14N2O2. The molecule has 1 aromatic heterocycles. The maximum Gasteiger partial charge on any atom is 0.238 e. The lowest BCUT2D eigenvalue weighted by atomic mass is 10.4. The van der Waals surface area contributed by atoms with Crippen LogP contribution >= 0.6 is 0 Å². The molecule has 0 N–H and O–H groups in total. The van der Waals surface area contributed by atoms with Crippen LogP contribution in [0, 0.1) is 0 Å². The van der Waals surface area contributed by atoms with E-state index in [1.165, 1.54) is 0 Å². The molecule has 1 rings (SSSR count). The van der Waals surface area contributed by atoms with Crippen LogP contribution in [0.2, 0.25) is 0 Å². The van der Waals surface area contributed by atoms with Gasteiger partial charge in [0.2, 0.25) is 5.88 Å². The van der Waals surface area contributed by atoms with Crippen molar-refractivity contribution in [2.24, 2.45) is 0 Å². The Hall–Kier alpha value is -1.16. The summed E-state index contributed by atoms with van der Waals surface area (Å²) in [5.74, 6) is 0.568. The summed E-state index contributed by atoms with van der Waals surface area (Å²) in [5, 5.41) is 0. The van der Waals surface area contributed by atoms with Gasteiger partial charge in [0.05, 0.1) is 13.2 Å². The molecule has 0 fully saturated rings. The normalized spacial score (nSPS) is 10.0. The molecule has 0 aliphatic carbocycles. The van der Waals surface area contributed by atoms with Crippen molar-refractivity contribution in [2.45, 2.75) is 20.5 Å². The van der Waals surface area contributed by atoms with Gasteiger partial charge >= 0.3 is 0 Å². The Morgan fingerprint density at radius 1 is 1.15 bits per heavy atom. The van der Waals surface area contributed by atoms with E-state index in [-0.39, 0.29) is 0 Å². The van der Waals surface area contributed by atoms with Gasteiger partial charge in [-0.2, -0.15) is 0 Å². The largest absolute Gasteiger partial charge is 0.477 e. The Labute approximate surface area is 77.9 Å². The first kappa shape index (κ1) is 9.92. The van der Waals surface area contributed by atoms with Crippen LogP contribution in [-0.2, 0) is 11.3 Å². The molecule has 0 saturated heterocycles. The smallest absolute Gasteiger partial charge is 0.238 e. The summed E-state index contributed by atoms with van der Waals surface area (Å²) < 4.78 is 10.5. The van der Waals surface area contributed by atoms with Crippen LogP contribution in [0.3, 0.4) is 0 Å². The molecular weight excluding hydrogens is 168 g/mol. The number of ether oxygens (including phenoxy) is 2. The van der Waals surface area contributed by atoms with Gasteiger partial charge in [-0.3, -0.25) is 4.98 Å². The van der Waals surface area contributed by atoms with Gasteiger partial charge in [-0.25, -0.2) is 4.98 Å². The van der Waals surface area contributed by atoms with E-state index in [9.17, 15) is 0 Å². The minimum Gasteiger partial charge on any atom is -0.477 e. The summed E-state index contributed by atoms with van der Waals surface area (Å²) in [5.41, 5.74) is 0.756. The molecule has 0 aromatic carbocycles. The molecule has 13 heavy (non-hydrogen) atoms. The minimum atomic E-state index is 0.458. The maximum atomic E-state index is 5.28. The summed E-state index contributed by atoms with van der Waals surface area (Å²) in [6, 6.07) is 0. The van der Waals surface area contributed by atoms with Gasteiger partial charge in [-0.1, -0.05) is 0 Å². The van der Waals surface area contributed by atoms with Crippen molar-refractivity contribution >= 4 is 0 Å². The fourth-order valence-corrected chi connectivity index (χ4v) is 0.909. The summed E-state index contributed by atoms with van der Waals surface area (Å²) in [4.78, 5) is 8.18. The van der Waals surface area contributed by atoms with Crippen LogP contribution < -0.4 is 4.74 Å². The molecule has 0 unspecified atom stereocenters. The number of nitrogens with zero attached hydrogens (tertiary/aromatic N) is 2. The van der Waals surface area contributed by atoms with E-state index in [1.54, 1.807) is 12.4 Å². The van der Waals surface area contributed by atoms with Crippen LogP contribution in [0.5, 0.6) is 5.88 Å². The van der Waals surface area contributed by atoms with Crippen LogP contribution in [-0.4, -0.2) is 23.2 Å². The van der Waals surface area contributed by atoms with Crippen LogP contribution in [0.4, 0.5) is 0 Å². The van der Waals surface area contributed by atoms with Crippen molar-refractivity contribution in [3.63, 3.8) is 0 Å². The predicted molar refractivity (Wildman–Crippen MR) is 48.5 cm³/mol. The summed E-state index contributed by atoms with van der Waals surface area (Å²) in [6.07, 6.45) is 3.25. The van der Waals surface area contributed by atoms with Gasteiger partial charge in [0.1, 0.15) is 5.69 Å². The van der Waals surface area contributed by atoms with E-state index < -0.39 is 0 Å². The lowest BCUT2D eigenvalue weighted by Gasteiger charge is -2.06. The molecule has 0 aliphatic heterocycles. The molecule has 0 spiro atoms. The Bertz CT molecular complexity index is 253. The quantitative estimate of drug-likeness (QED) is 0.690. The molecule has 0 radical (unpaired) electrons. The van der Waals surface area contributed by atoms with Crippen molar-refractivity contribution in [2.75, 3.05) is 13.2 Å². The Morgan fingerprint density at radius 2 is 1.92 bits per heavy atom. The first-order valence-electron chi connectivity index (χ1n) is 4.38. The standard InChI is InChI=1S/C9H14N2O2/c1-3-12-7-8-9(13-4-2)11-6-5-10-8/h5-6H,3-4,7H2,1-2H3. The SMILES string of the molecule is CCOCc1nccnc1OCC. The Morgan fingerprint density at radius 3 is 2.62 bits per heavy atom. The lowest BCUT2D eigenvalue weighted by Crippen LogP contribution is -2.03. The van der Waals surface area contributed by atoms with Gasteiger partial charge in [0.25, 0.3) is 0 Å². The van der Waals surface area contributed by atoms with E-state index in [0.29, 0.717) is 25.7 Å². The van der Waals surface area contributed by atoms with Crippen LogP contribution in [0.25, 0.3) is 0 Å². The predicted octanol–water partition coefficient (Wildman–Crippen LogP) is 1.41. The average Bonchev–Trinajstić information content (AvgIpc) is 2.17. The first-order valence-corrected chi connectivity index (χ1v) is 4.38. The van der Waals surface area contributed by atoms with Gasteiger partial charge in [-0.05, 0) is 13.8 Å². The number of aromatic nitrogens is 2. The van der Waals surface area contributed by atoms with Gasteiger partial charge < -0.3 is 9.47 Å². The Kier molecular flexibility index (Phi) is 4.18. The highest BCUT2D eigenvalue weighted by Crippen LogP contribution is 2.11. The highest BCUT2D eigenvalue weighted by molar-refractivity contribution is 5.16. The van der Waals surface area contributed by atoms with Crippen molar-refractivity contribution in [3.8, 4) is 5.88 Å². The van der Waals surface area contributed by atoms with E-state index in [4.69, 9.17) is 9.47 Å². The monoisotopic (exact) mass is 182 g/mol. The number of hydrogen-bond donors (Lipinski definition) is 0. The third-order valence-corrected chi connectivity index (χ3v) is 1.46. The summed E-state index contributed by atoms with van der Waals surface area (Å²) in [7, 11) is 0. The van der Waals surface area contributed by atoms with Crippen molar-refractivity contribution < 1.29 is 9.47 Å². The third kappa shape index (κ3) is 2.99. The lowest BCUT2D eigenvalue weighted by molar-refractivity contribution is 0.127. The van der Waals surface area contributed by atoms with E-state index in [0.717, 1.165) is 5.69 Å². The minimum absolute atomic E-state index is 0.458. The molecule has 4 nitrogen and oxygen atoms in total. The molecule has 0 aliphatic rings. The van der Waals surface area contributed by atoms with Crippen molar-refractivity contribution in [3.05, 3.63) is 18.1 Å². The fourth-order valence-electron chi connectivity index (χ4n) is 0.909. The molecule has 0 saturated carbocycles. The summed E-state index contributed by atoms with van der Waals surface area (Å²) in [6.45, 7) is 5.58. The highest BCUT2D eigenvalue weighted by atomic mass is 16.5. The molecule has 72 valence electrons. The molecule has 0 amide bonds. The first-order chi connectivity index (χ1) is 6.38. The second-order valence-electron chi connectivity index (χ2n) is 2.38. The van der Waals surface area contributed by atoms with Gasteiger partial charge in [0, 0.05) is 19.0 Å². The number of rotatable bonds is 5. The number of hydrogen-bond acceptors (Lipinski definition) is 4. The Balaban J connectivity index is 2.66. The zero-order chi connectivity index (χ0) is 9.52. The molecule has 0 atom stereocenters. The summed E-state index contributed by atoms with van der Waals surface area (Å²) >= 11 is 0. The fraction of sp³-hybridized carbons (Fsp3) is 0.556. The molecule has 4 heteroatoms.